The van der Waals surface area contributed by atoms with Crippen LogP contribution in [0.25, 0.3) is 0 Å². The molecule has 1 aromatic heterocycles. The van der Waals surface area contributed by atoms with Crippen molar-refractivity contribution >= 4 is 23.2 Å². The lowest BCUT2D eigenvalue weighted by atomic mass is 9.80. The molecule has 156 valence electrons. The van der Waals surface area contributed by atoms with Crippen LogP contribution in [0.15, 0.2) is 47.8 Å². The van der Waals surface area contributed by atoms with E-state index in [1.54, 1.807) is 19.1 Å². The summed E-state index contributed by atoms with van der Waals surface area (Å²) in [5, 5.41) is 16.2. The number of rotatable bonds is 4. The van der Waals surface area contributed by atoms with Gasteiger partial charge in [-0.25, -0.2) is 0 Å². The Morgan fingerprint density at radius 1 is 1.21 bits per heavy atom. The first kappa shape index (κ1) is 21.5. The SMILES string of the molecule is CC(C)(C)CC(=O)N1CCC(C)(O)C(NC(=O)c2ccccc2)C1c1cccs1. The second kappa shape index (κ2) is 8.28. The Morgan fingerprint density at radius 2 is 1.90 bits per heavy atom. The van der Waals surface area contributed by atoms with Gasteiger partial charge in [-0.3, -0.25) is 9.59 Å². The van der Waals surface area contributed by atoms with E-state index >= 15 is 0 Å². The summed E-state index contributed by atoms with van der Waals surface area (Å²) in [7, 11) is 0. The second-order valence-electron chi connectivity index (χ2n) is 9.21. The molecule has 1 fully saturated rings. The molecule has 6 heteroatoms. The first-order chi connectivity index (χ1) is 13.6. The number of nitrogens with one attached hydrogen (secondary N) is 1. The summed E-state index contributed by atoms with van der Waals surface area (Å²) in [4.78, 5) is 28.9. The minimum atomic E-state index is -1.13. The van der Waals surface area contributed by atoms with E-state index in [0.29, 0.717) is 24.9 Å². The normalized spacial score (nSPS) is 24.9. The zero-order chi connectivity index (χ0) is 21.2. The maximum Gasteiger partial charge on any atom is 0.251 e. The number of benzene rings is 1. The van der Waals surface area contributed by atoms with Crippen LogP contribution in [0.4, 0.5) is 0 Å². The van der Waals surface area contributed by atoms with Crippen molar-refractivity contribution in [1.82, 2.24) is 10.2 Å². The molecule has 29 heavy (non-hydrogen) atoms. The average molecular weight is 415 g/mol. The van der Waals surface area contributed by atoms with Gasteiger partial charge in [0.1, 0.15) is 0 Å². The fourth-order valence-electron chi connectivity index (χ4n) is 3.82. The predicted molar refractivity (Wildman–Crippen MR) is 116 cm³/mol. The van der Waals surface area contributed by atoms with E-state index in [1.807, 2.05) is 61.4 Å². The Labute approximate surface area is 176 Å². The summed E-state index contributed by atoms with van der Waals surface area (Å²) in [6.07, 6.45) is 0.820. The van der Waals surface area contributed by atoms with Crippen molar-refractivity contribution in [2.75, 3.05) is 6.54 Å². The van der Waals surface area contributed by atoms with E-state index in [0.717, 1.165) is 4.88 Å². The Bertz CT molecular complexity index is 841. The van der Waals surface area contributed by atoms with Gasteiger partial charge >= 0.3 is 0 Å². The number of carbonyl (C=O) groups is 2. The molecule has 0 bridgehead atoms. The molecule has 2 aromatic rings. The van der Waals surface area contributed by atoms with Gasteiger partial charge in [0.15, 0.2) is 0 Å². The molecule has 0 saturated carbocycles. The first-order valence-corrected chi connectivity index (χ1v) is 10.9. The van der Waals surface area contributed by atoms with E-state index in [9.17, 15) is 14.7 Å². The van der Waals surface area contributed by atoms with Crippen molar-refractivity contribution in [3.8, 4) is 0 Å². The maximum atomic E-state index is 13.2. The smallest absolute Gasteiger partial charge is 0.251 e. The molecule has 3 unspecified atom stereocenters. The van der Waals surface area contributed by atoms with Crippen molar-refractivity contribution in [1.29, 1.82) is 0 Å². The minimum absolute atomic E-state index is 0.0466. The molecule has 2 heterocycles. The Balaban J connectivity index is 1.95. The Hall–Kier alpha value is -2.18. The highest BCUT2D eigenvalue weighted by Gasteiger charge is 2.48. The molecular formula is C23H30N2O3S. The lowest BCUT2D eigenvalue weighted by molar-refractivity contribution is -0.144. The van der Waals surface area contributed by atoms with Crippen molar-refractivity contribution < 1.29 is 14.7 Å². The summed E-state index contributed by atoms with van der Waals surface area (Å²) in [6.45, 7) is 8.33. The van der Waals surface area contributed by atoms with Gasteiger partial charge in [-0.15, -0.1) is 11.3 Å². The summed E-state index contributed by atoms with van der Waals surface area (Å²) in [6, 6.07) is 11.9. The zero-order valence-electron chi connectivity index (χ0n) is 17.5. The molecule has 3 rings (SSSR count). The fourth-order valence-corrected chi connectivity index (χ4v) is 4.70. The number of hydrogen-bond donors (Lipinski definition) is 2. The first-order valence-electron chi connectivity index (χ1n) is 10.00. The predicted octanol–water partition coefficient (Wildman–Crippen LogP) is 4.01. The monoisotopic (exact) mass is 414 g/mol. The van der Waals surface area contributed by atoms with E-state index < -0.39 is 17.7 Å². The second-order valence-corrected chi connectivity index (χ2v) is 10.2. The van der Waals surface area contributed by atoms with Crippen LogP contribution in [0.5, 0.6) is 0 Å². The van der Waals surface area contributed by atoms with Crippen molar-refractivity contribution in [2.45, 2.75) is 58.2 Å². The molecule has 2 amide bonds. The van der Waals surface area contributed by atoms with E-state index in [-0.39, 0.29) is 17.2 Å². The van der Waals surface area contributed by atoms with Crippen LogP contribution in [-0.2, 0) is 4.79 Å². The number of thiophene rings is 1. The molecule has 1 aromatic carbocycles. The lowest BCUT2D eigenvalue weighted by Gasteiger charge is -2.49. The van der Waals surface area contributed by atoms with Crippen LogP contribution < -0.4 is 5.32 Å². The zero-order valence-corrected chi connectivity index (χ0v) is 18.3. The van der Waals surface area contributed by atoms with Gasteiger partial charge in [-0.05, 0) is 42.3 Å². The summed E-state index contributed by atoms with van der Waals surface area (Å²) in [5.41, 5.74) is -0.733. The number of piperidine rings is 1. The van der Waals surface area contributed by atoms with Crippen LogP contribution in [0, 0.1) is 5.41 Å². The Morgan fingerprint density at radius 3 is 2.48 bits per heavy atom. The molecule has 0 radical (unpaired) electrons. The van der Waals surface area contributed by atoms with E-state index in [2.05, 4.69) is 5.32 Å². The average Bonchev–Trinajstić information content (AvgIpc) is 3.16. The number of carbonyl (C=O) groups excluding carboxylic acids is 2. The van der Waals surface area contributed by atoms with Gasteiger partial charge in [-0.2, -0.15) is 0 Å². The molecule has 1 aliphatic rings. The van der Waals surface area contributed by atoms with Crippen molar-refractivity contribution in [3.63, 3.8) is 0 Å². The molecule has 1 aliphatic heterocycles. The Kier molecular flexibility index (Phi) is 6.15. The van der Waals surface area contributed by atoms with E-state index in [4.69, 9.17) is 0 Å². The van der Waals surface area contributed by atoms with Gasteiger partial charge in [-0.1, -0.05) is 45.0 Å². The summed E-state index contributed by atoms with van der Waals surface area (Å²) in [5.74, 6) is -0.201. The number of amides is 2. The molecule has 1 saturated heterocycles. The van der Waals surface area contributed by atoms with Crippen LogP contribution in [0.2, 0.25) is 0 Å². The van der Waals surface area contributed by atoms with Crippen molar-refractivity contribution in [3.05, 3.63) is 58.3 Å². The number of likely N-dealkylation sites (tertiary alicyclic amines) is 1. The highest BCUT2D eigenvalue weighted by Crippen LogP contribution is 2.40. The van der Waals surface area contributed by atoms with Gasteiger partial charge in [0.25, 0.3) is 5.91 Å². The summed E-state index contributed by atoms with van der Waals surface area (Å²) < 4.78 is 0. The highest BCUT2D eigenvalue weighted by molar-refractivity contribution is 7.10. The highest BCUT2D eigenvalue weighted by atomic mass is 32.1. The largest absolute Gasteiger partial charge is 0.388 e. The maximum absolute atomic E-state index is 13.2. The third-order valence-electron chi connectivity index (χ3n) is 5.34. The van der Waals surface area contributed by atoms with Crippen LogP contribution >= 0.6 is 11.3 Å². The topological polar surface area (TPSA) is 69.6 Å². The third-order valence-corrected chi connectivity index (χ3v) is 6.28. The molecule has 0 spiro atoms. The molecule has 3 atom stereocenters. The van der Waals surface area contributed by atoms with Gasteiger partial charge in [0.2, 0.25) is 5.91 Å². The van der Waals surface area contributed by atoms with Crippen LogP contribution in [0.1, 0.15) is 61.8 Å². The number of aliphatic hydroxyl groups is 1. The number of nitrogens with zero attached hydrogens (tertiary/aromatic N) is 1. The lowest BCUT2D eigenvalue weighted by Crippen LogP contribution is -2.63. The van der Waals surface area contributed by atoms with Crippen LogP contribution in [-0.4, -0.2) is 40.0 Å². The molecule has 5 nitrogen and oxygen atoms in total. The minimum Gasteiger partial charge on any atom is -0.388 e. The van der Waals surface area contributed by atoms with Gasteiger partial charge in [0, 0.05) is 23.4 Å². The quantitative estimate of drug-likeness (QED) is 0.794. The molecular weight excluding hydrogens is 384 g/mol. The van der Waals surface area contributed by atoms with Gasteiger partial charge in [0.05, 0.1) is 17.7 Å². The van der Waals surface area contributed by atoms with Gasteiger partial charge < -0.3 is 15.3 Å². The van der Waals surface area contributed by atoms with Crippen LogP contribution in [0.3, 0.4) is 0 Å². The standard InChI is InChI=1S/C23H30N2O3S/c1-22(2,3)15-18(26)25-13-12-23(4,28)20(19(25)17-11-8-14-29-17)24-21(27)16-9-6-5-7-10-16/h5-11,14,19-20,28H,12-13,15H2,1-4H3,(H,24,27). The summed E-state index contributed by atoms with van der Waals surface area (Å²) >= 11 is 1.54. The third kappa shape index (κ3) is 5.06. The fraction of sp³-hybridized carbons (Fsp3) is 0.478. The molecule has 0 aliphatic carbocycles. The molecule has 2 N–H and O–H groups in total. The van der Waals surface area contributed by atoms with E-state index in [1.165, 1.54) is 11.3 Å². The van der Waals surface area contributed by atoms with Crippen molar-refractivity contribution in [2.24, 2.45) is 5.41 Å². The number of hydrogen-bond acceptors (Lipinski definition) is 4.